The fourth-order valence-electron chi connectivity index (χ4n) is 2.61. The van der Waals surface area contributed by atoms with Gasteiger partial charge in [-0.2, -0.15) is 0 Å². The molecule has 0 unspecified atom stereocenters. The van der Waals surface area contributed by atoms with Crippen molar-refractivity contribution in [3.63, 3.8) is 0 Å². The molecule has 1 amide bonds. The summed E-state index contributed by atoms with van der Waals surface area (Å²) in [7, 11) is 0. The Bertz CT molecular complexity index is 658. The van der Waals surface area contributed by atoms with Crippen LogP contribution in [0.25, 0.3) is 10.6 Å². The topological polar surface area (TPSA) is 93.2 Å². The minimum absolute atomic E-state index is 0.0767. The molecule has 6 nitrogen and oxygen atoms in total. The SMILES string of the molecule is CCc1ccc(-c2noc(N)c2C(=O)NC2CCNCC2)s1. The quantitative estimate of drug-likeness (QED) is 0.801. The molecule has 118 valence electrons. The van der Waals surface area contributed by atoms with Crippen LogP contribution in [0.15, 0.2) is 16.7 Å². The molecular weight excluding hydrogens is 300 g/mol. The number of thiophene rings is 1. The van der Waals surface area contributed by atoms with Crippen LogP contribution in [0.3, 0.4) is 0 Å². The van der Waals surface area contributed by atoms with Crippen LogP contribution in [-0.2, 0) is 6.42 Å². The van der Waals surface area contributed by atoms with Crippen LogP contribution in [0.1, 0.15) is 35.0 Å². The Balaban J connectivity index is 1.83. The van der Waals surface area contributed by atoms with Crippen molar-refractivity contribution in [1.82, 2.24) is 15.8 Å². The third-order valence-corrected chi connectivity index (χ3v) is 5.10. The van der Waals surface area contributed by atoms with E-state index >= 15 is 0 Å². The van der Waals surface area contributed by atoms with Crippen LogP contribution in [0.5, 0.6) is 0 Å². The smallest absolute Gasteiger partial charge is 0.259 e. The Labute approximate surface area is 133 Å². The molecule has 3 rings (SSSR count). The number of nitrogens with one attached hydrogen (secondary N) is 2. The first-order valence-electron chi connectivity index (χ1n) is 7.54. The largest absolute Gasteiger partial charge is 0.367 e. The highest BCUT2D eigenvalue weighted by Crippen LogP contribution is 2.32. The summed E-state index contributed by atoms with van der Waals surface area (Å²) in [6, 6.07) is 4.17. The molecule has 0 aliphatic carbocycles. The van der Waals surface area contributed by atoms with Crippen LogP contribution < -0.4 is 16.4 Å². The molecule has 4 N–H and O–H groups in total. The molecule has 2 aromatic heterocycles. The second-order valence-electron chi connectivity index (χ2n) is 5.39. The number of rotatable bonds is 4. The Morgan fingerprint density at radius 3 is 2.95 bits per heavy atom. The molecule has 22 heavy (non-hydrogen) atoms. The van der Waals surface area contributed by atoms with Gasteiger partial charge < -0.3 is 20.9 Å². The van der Waals surface area contributed by atoms with Crippen molar-refractivity contribution < 1.29 is 9.32 Å². The van der Waals surface area contributed by atoms with Crippen molar-refractivity contribution in [1.29, 1.82) is 0 Å². The van der Waals surface area contributed by atoms with E-state index in [1.165, 1.54) is 4.88 Å². The minimum atomic E-state index is -0.202. The predicted octanol–water partition coefficient (Wildman–Crippen LogP) is 2.03. The first kappa shape index (κ1) is 15.1. The van der Waals surface area contributed by atoms with Gasteiger partial charge in [0.1, 0.15) is 11.3 Å². The van der Waals surface area contributed by atoms with Gasteiger partial charge in [-0.05, 0) is 44.5 Å². The van der Waals surface area contributed by atoms with E-state index in [4.69, 9.17) is 10.3 Å². The highest BCUT2D eigenvalue weighted by atomic mass is 32.1. The molecular formula is C15H20N4O2S. The molecule has 0 radical (unpaired) electrons. The summed E-state index contributed by atoms with van der Waals surface area (Å²) in [5.41, 5.74) is 6.71. The molecule has 1 saturated heterocycles. The van der Waals surface area contributed by atoms with E-state index in [9.17, 15) is 4.79 Å². The second kappa shape index (κ2) is 6.50. The van der Waals surface area contributed by atoms with E-state index < -0.39 is 0 Å². The lowest BCUT2D eigenvalue weighted by molar-refractivity contribution is 0.0930. The van der Waals surface area contributed by atoms with E-state index in [2.05, 4.69) is 22.7 Å². The summed E-state index contributed by atoms with van der Waals surface area (Å²) < 4.78 is 5.06. The van der Waals surface area contributed by atoms with Crippen molar-refractivity contribution in [2.24, 2.45) is 0 Å². The molecule has 0 atom stereocenters. The molecule has 7 heteroatoms. The van der Waals surface area contributed by atoms with Crippen molar-refractivity contribution in [3.8, 4) is 10.6 Å². The first-order chi connectivity index (χ1) is 10.7. The summed E-state index contributed by atoms with van der Waals surface area (Å²) in [5, 5.41) is 10.3. The van der Waals surface area contributed by atoms with E-state index in [0.717, 1.165) is 37.2 Å². The summed E-state index contributed by atoms with van der Waals surface area (Å²) in [5.74, 6) is -0.125. The van der Waals surface area contributed by atoms with Crippen LogP contribution in [-0.4, -0.2) is 30.2 Å². The van der Waals surface area contributed by atoms with E-state index in [1.54, 1.807) is 11.3 Å². The highest BCUT2D eigenvalue weighted by molar-refractivity contribution is 7.15. The third-order valence-electron chi connectivity index (χ3n) is 3.86. The van der Waals surface area contributed by atoms with Gasteiger partial charge in [-0.25, -0.2) is 0 Å². The molecule has 3 heterocycles. The third kappa shape index (κ3) is 3.00. The lowest BCUT2D eigenvalue weighted by atomic mass is 10.1. The monoisotopic (exact) mass is 320 g/mol. The maximum absolute atomic E-state index is 12.6. The van der Waals surface area contributed by atoms with Crippen molar-refractivity contribution >= 4 is 23.1 Å². The van der Waals surface area contributed by atoms with E-state index in [0.29, 0.717) is 11.3 Å². The average Bonchev–Trinajstić information content (AvgIpc) is 3.14. The zero-order valence-corrected chi connectivity index (χ0v) is 13.3. The van der Waals surface area contributed by atoms with Crippen LogP contribution in [0.2, 0.25) is 0 Å². The zero-order chi connectivity index (χ0) is 15.5. The van der Waals surface area contributed by atoms with Gasteiger partial charge in [0.15, 0.2) is 0 Å². The van der Waals surface area contributed by atoms with Crippen LogP contribution in [0.4, 0.5) is 5.88 Å². The van der Waals surface area contributed by atoms with Gasteiger partial charge in [-0.3, -0.25) is 4.79 Å². The predicted molar refractivity (Wildman–Crippen MR) is 87.0 cm³/mol. The fraction of sp³-hybridized carbons (Fsp3) is 0.467. The van der Waals surface area contributed by atoms with E-state index in [1.807, 2.05) is 12.1 Å². The summed E-state index contributed by atoms with van der Waals surface area (Å²) in [6.07, 6.45) is 2.80. The molecule has 1 fully saturated rings. The maximum Gasteiger partial charge on any atom is 0.259 e. The van der Waals surface area contributed by atoms with Gasteiger partial charge in [0, 0.05) is 10.9 Å². The minimum Gasteiger partial charge on any atom is -0.367 e. The first-order valence-corrected chi connectivity index (χ1v) is 8.36. The molecule has 0 bridgehead atoms. The summed E-state index contributed by atoms with van der Waals surface area (Å²) in [4.78, 5) is 14.7. The van der Waals surface area contributed by atoms with Crippen LogP contribution in [0, 0.1) is 0 Å². The van der Waals surface area contributed by atoms with Gasteiger partial charge in [-0.15, -0.1) is 11.3 Å². The molecule has 0 aromatic carbocycles. The summed E-state index contributed by atoms with van der Waals surface area (Å²) in [6.45, 7) is 3.93. The molecule has 1 aliphatic rings. The van der Waals surface area contributed by atoms with Gasteiger partial charge >= 0.3 is 0 Å². The molecule has 1 aliphatic heterocycles. The number of piperidine rings is 1. The lowest BCUT2D eigenvalue weighted by Gasteiger charge is -2.23. The summed E-state index contributed by atoms with van der Waals surface area (Å²) >= 11 is 1.61. The second-order valence-corrected chi connectivity index (χ2v) is 6.56. The number of nitrogens with two attached hydrogens (primary N) is 1. The van der Waals surface area contributed by atoms with Crippen LogP contribution >= 0.6 is 11.3 Å². The van der Waals surface area contributed by atoms with Crippen molar-refractivity contribution in [2.45, 2.75) is 32.2 Å². The Morgan fingerprint density at radius 2 is 2.27 bits per heavy atom. The number of amides is 1. The number of aryl methyl sites for hydroxylation is 1. The van der Waals surface area contributed by atoms with Gasteiger partial charge in [0.05, 0.1) is 4.88 Å². The normalized spacial score (nSPS) is 15.9. The number of carbonyl (C=O) groups excluding carboxylic acids is 1. The number of anilines is 1. The van der Waals surface area contributed by atoms with Gasteiger partial charge in [-0.1, -0.05) is 12.1 Å². The Kier molecular flexibility index (Phi) is 4.44. The number of hydrogen-bond acceptors (Lipinski definition) is 6. The lowest BCUT2D eigenvalue weighted by Crippen LogP contribution is -2.42. The number of hydrogen-bond donors (Lipinski definition) is 3. The van der Waals surface area contributed by atoms with Crippen molar-refractivity contribution in [2.75, 3.05) is 18.8 Å². The number of aromatic nitrogens is 1. The number of carbonyl (C=O) groups is 1. The standard InChI is InChI=1S/C15H20N4O2S/c1-2-10-3-4-11(22-10)13-12(14(16)21-19-13)15(20)18-9-5-7-17-8-6-9/h3-4,9,17H,2,5-8,16H2,1H3,(H,18,20). The molecule has 0 spiro atoms. The van der Waals surface area contributed by atoms with Gasteiger partial charge in [0.2, 0.25) is 5.88 Å². The number of nitrogens with zero attached hydrogens (tertiary/aromatic N) is 1. The Morgan fingerprint density at radius 1 is 1.50 bits per heavy atom. The Hall–Kier alpha value is -1.86. The number of nitrogen functional groups attached to an aromatic ring is 1. The van der Waals surface area contributed by atoms with Gasteiger partial charge in [0.25, 0.3) is 5.91 Å². The van der Waals surface area contributed by atoms with E-state index in [-0.39, 0.29) is 17.8 Å². The molecule has 2 aromatic rings. The van der Waals surface area contributed by atoms with Crippen molar-refractivity contribution in [3.05, 3.63) is 22.6 Å². The fourth-order valence-corrected chi connectivity index (χ4v) is 3.54. The molecule has 0 saturated carbocycles. The average molecular weight is 320 g/mol. The zero-order valence-electron chi connectivity index (χ0n) is 12.5. The maximum atomic E-state index is 12.6. The highest BCUT2D eigenvalue weighted by Gasteiger charge is 2.25.